The van der Waals surface area contributed by atoms with Crippen LogP contribution in [0.3, 0.4) is 0 Å². The number of hydrogen-bond donors (Lipinski definition) is 1. The SMILES string of the molecule is CC(C)N=C(Nc1ccc(C(C)(C)C)cc1)N(C(=O)B(C1CCCCC1)C1CCCCC1)C(C)C. The number of carbonyl (C=O) groups is 1. The summed E-state index contributed by atoms with van der Waals surface area (Å²) in [6.07, 6.45) is 12.6. The molecule has 0 atom stereocenters. The average Bonchev–Trinajstić information content (AvgIpc) is 2.80. The molecule has 1 amide bonds. The van der Waals surface area contributed by atoms with E-state index in [1.807, 2.05) is 4.90 Å². The van der Waals surface area contributed by atoms with E-state index in [0.29, 0.717) is 23.4 Å². The fourth-order valence-corrected chi connectivity index (χ4v) is 6.12. The monoisotopic (exact) mass is 479 g/mol. The molecule has 4 nitrogen and oxygen atoms in total. The third kappa shape index (κ3) is 7.60. The van der Waals surface area contributed by atoms with E-state index in [0.717, 1.165) is 5.69 Å². The Labute approximate surface area is 215 Å². The molecule has 1 aromatic rings. The predicted molar refractivity (Wildman–Crippen MR) is 153 cm³/mol. The quantitative estimate of drug-likeness (QED) is 0.252. The molecule has 1 aromatic carbocycles. The lowest BCUT2D eigenvalue weighted by Gasteiger charge is -2.39. The number of hydrogen-bond acceptors (Lipinski definition) is 2. The number of rotatable bonds is 6. The number of nitrogens with one attached hydrogen (secondary N) is 1. The standard InChI is InChI=1S/C30H50BN3O/c1-22(2)32-29(33-27-20-18-24(19-21-27)30(5,6)7)34(23(3)4)28(35)31(25-14-10-8-11-15-25)26-16-12-9-13-17-26/h18-23,25-26H,8-17H2,1-7H3,(H,32,33). The minimum atomic E-state index is 0.0519. The van der Waals surface area contributed by atoms with Crippen LogP contribution in [-0.4, -0.2) is 35.5 Å². The van der Waals surface area contributed by atoms with Crippen LogP contribution in [0.25, 0.3) is 0 Å². The van der Waals surface area contributed by atoms with E-state index in [9.17, 15) is 4.79 Å². The molecule has 0 aliphatic heterocycles. The van der Waals surface area contributed by atoms with Gasteiger partial charge in [-0.1, -0.05) is 109 Å². The fourth-order valence-electron chi connectivity index (χ4n) is 6.12. The van der Waals surface area contributed by atoms with Gasteiger partial charge in [0.15, 0.2) is 5.81 Å². The molecule has 0 spiro atoms. The van der Waals surface area contributed by atoms with Gasteiger partial charge in [0.1, 0.15) is 0 Å². The lowest BCUT2D eigenvalue weighted by atomic mass is 9.29. The number of guanidine groups is 1. The first-order valence-corrected chi connectivity index (χ1v) is 14.4. The van der Waals surface area contributed by atoms with Crippen molar-refractivity contribution >= 4 is 24.2 Å². The molecule has 5 heteroatoms. The van der Waals surface area contributed by atoms with Gasteiger partial charge < -0.3 is 5.32 Å². The number of anilines is 1. The lowest BCUT2D eigenvalue weighted by molar-refractivity contribution is 0.232. The van der Waals surface area contributed by atoms with Crippen LogP contribution in [0, 0.1) is 0 Å². The molecule has 0 aromatic heterocycles. The first-order valence-electron chi connectivity index (χ1n) is 14.4. The van der Waals surface area contributed by atoms with Crippen LogP contribution in [-0.2, 0) is 5.41 Å². The van der Waals surface area contributed by atoms with Crippen LogP contribution in [0.15, 0.2) is 29.3 Å². The summed E-state index contributed by atoms with van der Waals surface area (Å²) in [6, 6.07) is 8.77. The Bertz CT molecular complexity index is 810. The second-order valence-electron chi connectivity index (χ2n) is 12.6. The molecule has 35 heavy (non-hydrogen) atoms. The van der Waals surface area contributed by atoms with E-state index < -0.39 is 0 Å². The van der Waals surface area contributed by atoms with E-state index in [-0.39, 0.29) is 24.2 Å². The fraction of sp³-hybridized carbons (Fsp3) is 0.733. The normalized spacial score (nSPS) is 18.7. The number of carbonyl (C=O) groups excluding carboxylic acids is 1. The molecule has 0 radical (unpaired) electrons. The maximum Gasteiger partial charge on any atom is 0.258 e. The summed E-state index contributed by atoms with van der Waals surface area (Å²) in [5, 5.41) is 3.57. The molecule has 2 fully saturated rings. The van der Waals surface area contributed by atoms with Gasteiger partial charge in [0, 0.05) is 17.8 Å². The minimum Gasteiger partial charge on any atom is -0.326 e. The molecule has 2 aliphatic carbocycles. The van der Waals surface area contributed by atoms with Gasteiger partial charge in [-0.15, -0.1) is 0 Å². The van der Waals surface area contributed by atoms with Crippen molar-refractivity contribution in [2.75, 3.05) is 5.32 Å². The second-order valence-corrected chi connectivity index (χ2v) is 12.6. The Morgan fingerprint density at radius 2 is 1.37 bits per heavy atom. The summed E-state index contributed by atoms with van der Waals surface area (Å²) < 4.78 is 0. The molecule has 0 saturated heterocycles. The van der Waals surface area contributed by atoms with Gasteiger partial charge in [-0.05, 0) is 50.8 Å². The van der Waals surface area contributed by atoms with Gasteiger partial charge in [-0.2, -0.15) is 0 Å². The van der Waals surface area contributed by atoms with Gasteiger partial charge in [0.2, 0.25) is 5.96 Å². The van der Waals surface area contributed by atoms with Crippen LogP contribution in [0.2, 0.25) is 11.6 Å². The van der Waals surface area contributed by atoms with Crippen molar-refractivity contribution in [3.05, 3.63) is 29.8 Å². The van der Waals surface area contributed by atoms with Gasteiger partial charge in [-0.25, -0.2) is 4.99 Å². The first-order chi connectivity index (χ1) is 16.6. The topological polar surface area (TPSA) is 44.7 Å². The maximum atomic E-state index is 14.5. The smallest absolute Gasteiger partial charge is 0.258 e. The molecular weight excluding hydrogens is 429 g/mol. The van der Waals surface area contributed by atoms with E-state index >= 15 is 0 Å². The Hall–Kier alpha value is -1.78. The first kappa shape index (κ1) is 27.8. The highest BCUT2D eigenvalue weighted by molar-refractivity contribution is 6.92. The minimum absolute atomic E-state index is 0.0519. The van der Waals surface area contributed by atoms with Crippen LogP contribution >= 0.6 is 0 Å². The third-order valence-electron chi connectivity index (χ3n) is 7.97. The van der Waals surface area contributed by atoms with Crippen LogP contribution in [0.1, 0.15) is 118 Å². The van der Waals surface area contributed by atoms with Gasteiger partial charge in [0.05, 0.1) is 0 Å². The lowest BCUT2D eigenvalue weighted by Crippen LogP contribution is -2.53. The summed E-state index contributed by atoms with van der Waals surface area (Å²) in [5.41, 5.74) is 2.40. The number of nitrogens with zero attached hydrogens (tertiary/aromatic N) is 2. The molecule has 2 saturated carbocycles. The van der Waals surface area contributed by atoms with Crippen molar-refractivity contribution in [1.29, 1.82) is 0 Å². The molecule has 1 N–H and O–H groups in total. The Kier molecular flexibility index (Phi) is 9.90. The molecule has 194 valence electrons. The van der Waals surface area contributed by atoms with Crippen LogP contribution in [0.4, 0.5) is 10.5 Å². The van der Waals surface area contributed by atoms with Crippen molar-refractivity contribution in [2.45, 2.75) is 142 Å². The van der Waals surface area contributed by atoms with Crippen LogP contribution in [0.5, 0.6) is 0 Å². The maximum absolute atomic E-state index is 14.5. The van der Waals surface area contributed by atoms with Gasteiger partial charge >= 0.3 is 0 Å². The van der Waals surface area contributed by atoms with Crippen LogP contribution < -0.4 is 5.32 Å². The highest BCUT2D eigenvalue weighted by Gasteiger charge is 2.44. The summed E-state index contributed by atoms with van der Waals surface area (Å²) in [5.74, 6) is 2.05. The Morgan fingerprint density at radius 3 is 1.77 bits per heavy atom. The van der Waals surface area contributed by atoms with Crippen molar-refractivity contribution in [2.24, 2.45) is 4.99 Å². The highest BCUT2D eigenvalue weighted by atomic mass is 16.2. The van der Waals surface area contributed by atoms with Crippen molar-refractivity contribution in [3.63, 3.8) is 0 Å². The Balaban J connectivity index is 1.92. The zero-order valence-electron chi connectivity index (χ0n) is 23.6. The molecule has 0 bridgehead atoms. The summed E-state index contributed by atoms with van der Waals surface area (Å²) in [6.45, 7) is 15.3. The molecule has 0 unspecified atom stereocenters. The molecule has 2 aliphatic rings. The van der Waals surface area contributed by atoms with Crippen molar-refractivity contribution in [3.8, 4) is 0 Å². The third-order valence-corrected chi connectivity index (χ3v) is 7.97. The number of aliphatic imine (C=N–C) groups is 1. The van der Waals surface area contributed by atoms with E-state index in [2.05, 4.69) is 78.0 Å². The average molecular weight is 480 g/mol. The highest BCUT2D eigenvalue weighted by Crippen LogP contribution is 2.42. The molecule has 3 rings (SSSR count). The van der Waals surface area contributed by atoms with Crippen molar-refractivity contribution < 1.29 is 4.79 Å². The summed E-state index contributed by atoms with van der Waals surface area (Å²) in [7, 11) is 0. The van der Waals surface area contributed by atoms with Gasteiger partial charge in [0.25, 0.3) is 6.71 Å². The largest absolute Gasteiger partial charge is 0.326 e. The Morgan fingerprint density at radius 1 is 0.886 bits per heavy atom. The van der Waals surface area contributed by atoms with E-state index in [4.69, 9.17) is 4.99 Å². The zero-order chi connectivity index (χ0) is 25.6. The predicted octanol–water partition coefficient (Wildman–Crippen LogP) is 8.74. The summed E-state index contributed by atoms with van der Waals surface area (Å²) >= 11 is 0. The van der Waals surface area contributed by atoms with E-state index in [1.54, 1.807) is 0 Å². The molecular formula is C30H50BN3O. The van der Waals surface area contributed by atoms with Crippen molar-refractivity contribution in [1.82, 2.24) is 4.90 Å². The number of benzene rings is 1. The van der Waals surface area contributed by atoms with E-state index in [1.165, 1.54) is 69.8 Å². The number of amides is 1. The van der Waals surface area contributed by atoms with Gasteiger partial charge in [-0.3, -0.25) is 9.69 Å². The second kappa shape index (κ2) is 12.5. The zero-order valence-corrected chi connectivity index (χ0v) is 23.6. The summed E-state index contributed by atoms with van der Waals surface area (Å²) in [4.78, 5) is 21.5. The molecule has 0 heterocycles.